The molecule has 7 heteroatoms. The van der Waals surface area contributed by atoms with Gasteiger partial charge in [0.25, 0.3) is 0 Å². The van der Waals surface area contributed by atoms with Crippen molar-refractivity contribution in [2.45, 2.75) is 56.7 Å². The number of nitrogens with zero attached hydrogens (tertiary/aromatic N) is 1. The van der Waals surface area contributed by atoms with Gasteiger partial charge in [-0.1, -0.05) is 6.42 Å². The van der Waals surface area contributed by atoms with Crippen LogP contribution in [0.25, 0.3) is 0 Å². The van der Waals surface area contributed by atoms with E-state index in [9.17, 15) is 8.42 Å². The van der Waals surface area contributed by atoms with E-state index in [0.717, 1.165) is 19.3 Å². The van der Waals surface area contributed by atoms with Crippen molar-refractivity contribution in [2.75, 3.05) is 0 Å². The van der Waals surface area contributed by atoms with Crippen LogP contribution in [0.1, 0.15) is 38.0 Å². The van der Waals surface area contributed by atoms with Crippen LogP contribution in [0.4, 0.5) is 0 Å². The van der Waals surface area contributed by atoms with Gasteiger partial charge in [0.05, 0.1) is 10.4 Å². The molecule has 1 aromatic rings. The molecule has 1 N–H and O–H groups in total. The van der Waals surface area contributed by atoms with Crippen molar-refractivity contribution < 1.29 is 13.5 Å². The molecule has 0 aliphatic carbocycles. The maximum Gasteiger partial charge on any atom is 0.245 e. The Bertz CT molecular complexity index is 545. The van der Waals surface area contributed by atoms with Gasteiger partial charge in [-0.15, -0.1) is 11.3 Å². The second-order valence-corrected chi connectivity index (χ2v) is 9.24. The smallest absolute Gasteiger partial charge is 0.245 e. The van der Waals surface area contributed by atoms with E-state index in [1.807, 2.05) is 13.8 Å². The molecule has 0 spiro atoms. The predicted molar refractivity (Wildman–Crippen MR) is 79.7 cm³/mol. The van der Waals surface area contributed by atoms with Crippen molar-refractivity contribution in [3.63, 3.8) is 0 Å². The lowest BCUT2D eigenvalue weighted by molar-refractivity contribution is 0.204. The molecule has 0 aromatic carbocycles. The molecule has 2 atom stereocenters. The van der Waals surface area contributed by atoms with E-state index in [4.69, 9.17) is 5.11 Å². The number of thiophene rings is 1. The third-order valence-electron chi connectivity index (χ3n) is 3.53. The number of halogens is 1. The van der Waals surface area contributed by atoms with Crippen molar-refractivity contribution in [3.8, 4) is 0 Å². The van der Waals surface area contributed by atoms with Crippen LogP contribution in [0.2, 0.25) is 0 Å². The Labute approximate surface area is 126 Å². The highest BCUT2D eigenvalue weighted by molar-refractivity contribution is 9.11. The minimum absolute atomic E-state index is 0.0260. The Morgan fingerprint density at radius 1 is 1.42 bits per heavy atom. The minimum atomic E-state index is -3.49. The fourth-order valence-electron chi connectivity index (χ4n) is 2.64. The molecule has 1 aliphatic rings. The zero-order valence-corrected chi connectivity index (χ0v) is 14.2. The number of piperidine rings is 1. The molecule has 0 saturated carbocycles. The molecule has 0 unspecified atom stereocenters. The molecule has 4 nitrogen and oxygen atoms in total. The van der Waals surface area contributed by atoms with Gasteiger partial charge in [-0.25, -0.2) is 8.42 Å². The lowest BCUT2D eigenvalue weighted by atomic mass is 10.0. The summed E-state index contributed by atoms with van der Waals surface area (Å²) in [5.41, 5.74) is 0. The summed E-state index contributed by atoms with van der Waals surface area (Å²) in [6.07, 6.45) is 2.87. The fraction of sp³-hybridized carbons (Fsp3) is 0.667. The van der Waals surface area contributed by atoms with Crippen LogP contribution in [0.3, 0.4) is 0 Å². The average Bonchev–Trinajstić information content (AvgIpc) is 2.70. The summed E-state index contributed by atoms with van der Waals surface area (Å²) >= 11 is 4.57. The Morgan fingerprint density at radius 2 is 2.00 bits per heavy atom. The van der Waals surface area contributed by atoms with Crippen LogP contribution >= 0.6 is 27.3 Å². The van der Waals surface area contributed by atoms with Crippen LogP contribution in [-0.2, 0) is 16.6 Å². The number of rotatable bonds is 3. The summed E-state index contributed by atoms with van der Waals surface area (Å²) in [6, 6.07) is 1.62. The van der Waals surface area contributed by atoms with E-state index in [1.54, 1.807) is 10.4 Å². The highest BCUT2D eigenvalue weighted by atomic mass is 79.9. The van der Waals surface area contributed by atoms with E-state index in [0.29, 0.717) is 8.66 Å². The average molecular weight is 368 g/mol. The van der Waals surface area contributed by atoms with Gasteiger partial charge in [-0.05, 0) is 48.7 Å². The zero-order valence-electron chi connectivity index (χ0n) is 11.0. The Kier molecular flexibility index (Phi) is 4.72. The Hall–Kier alpha value is 0.0500. The predicted octanol–water partition coefficient (Wildman–Crippen LogP) is 2.95. The molecule has 1 saturated heterocycles. The van der Waals surface area contributed by atoms with Gasteiger partial charge in [-0.3, -0.25) is 0 Å². The molecule has 1 fully saturated rings. The summed E-state index contributed by atoms with van der Waals surface area (Å²) in [5.74, 6) is 0. The molecule has 2 heterocycles. The maximum atomic E-state index is 12.8. The molecule has 1 aliphatic heterocycles. The van der Waals surface area contributed by atoms with Crippen molar-refractivity contribution in [2.24, 2.45) is 0 Å². The minimum Gasteiger partial charge on any atom is -0.391 e. The number of aliphatic hydroxyl groups excluding tert-OH is 1. The molecule has 108 valence electrons. The standard InChI is InChI=1S/C12H18BrNO3S2/c1-8-4-3-5-9(2)14(8)19(16,17)11-6-10(7-15)18-12(11)13/h6,8-9,15H,3-5,7H2,1-2H3/t8-,9+. The van der Waals surface area contributed by atoms with Crippen molar-refractivity contribution in [1.82, 2.24) is 4.31 Å². The Balaban J connectivity index is 2.43. The van der Waals surface area contributed by atoms with Crippen LogP contribution in [-0.4, -0.2) is 29.9 Å². The lowest BCUT2D eigenvalue weighted by Crippen LogP contribution is -2.47. The first-order valence-electron chi connectivity index (χ1n) is 6.30. The maximum absolute atomic E-state index is 12.8. The first kappa shape index (κ1) is 15.4. The summed E-state index contributed by atoms with van der Waals surface area (Å²) in [5, 5.41) is 9.14. The van der Waals surface area contributed by atoms with E-state index >= 15 is 0 Å². The second kappa shape index (κ2) is 5.81. The summed E-state index contributed by atoms with van der Waals surface area (Å²) in [6.45, 7) is 3.78. The third kappa shape index (κ3) is 2.90. The largest absolute Gasteiger partial charge is 0.391 e. The third-order valence-corrected chi connectivity index (χ3v) is 7.90. The van der Waals surface area contributed by atoms with E-state index < -0.39 is 10.0 Å². The second-order valence-electron chi connectivity index (χ2n) is 4.97. The van der Waals surface area contributed by atoms with E-state index in [2.05, 4.69) is 15.9 Å². The zero-order chi connectivity index (χ0) is 14.2. The number of sulfonamides is 1. The molecule has 2 rings (SSSR count). The quantitative estimate of drug-likeness (QED) is 0.893. The van der Waals surface area contributed by atoms with Gasteiger partial charge in [0.2, 0.25) is 10.0 Å². The van der Waals surface area contributed by atoms with Crippen LogP contribution < -0.4 is 0 Å². The fourth-order valence-corrected chi connectivity index (χ4v) is 7.01. The van der Waals surface area contributed by atoms with Gasteiger partial charge in [0, 0.05) is 17.0 Å². The first-order chi connectivity index (χ1) is 8.87. The van der Waals surface area contributed by atoms with Crippen molar-refractivity contribution >= 4 is 37.3 Å². The number of aliphatic hydroxyl groups is 1. The lowest BCUT2D eigenvalue weighted by Gasteiger charge is -2.37. The molecule has 1 aromatic heterocycles. The molecular formula is C12H18BrNO3S2. The summed E-state index contributed by atoms with van der Waals surface area (Å²) in [4.78, 5) is 0.935. The van der Waals surface area contributed by atoms with Crippen LogP contribution in [0.15, 0.2) is 14.7 Å². The summed E-state index contributed by atoms with van der Waals surface area (Å²) in [7, 11) is -3.49. The highest BCUT2D eigenvalue weighted by Gasteiger charge is 2.37. The van der Waals surface area contributed by atoms with Crippen molar-refractivity contribution in [3.05, 3.63) is 14.7 Å². The molecule has 0 bridgehead atoms. The normalized spacial score (nSPS) is 25.7. The van der Waals surface area contributed by atoms with E-state index in [-0.39, 0.29) is 23.6 Å². The molecule has 0 amide bonds. The molecular weight excluding hydrogens is 350 g/mol. The Morgan fingerprint density at radius 3 is 2.47 bits per heavy atom. The first-order valence-corrected chi connectivity index (χ1v) is 9.35. The highest BCUT2D eigenvalue weighted by Crippen LogP contribution is 2.37. The van der Waals surface area contributed by atoms with Gasteiger partial charge in [0.15, 0.2) is 0 Å². The topological polar surface area (TPSA) is 57.6 Å². The van der Waals surface area contributed by atoms with Crippen LogP contribution in [0, 0.1) is 0 Å². The number of hydrogen-bond acceptors (Lipinski definition) is 4. The van der Waals surface area contributed by atoms with Gasteiger partial charge in [-0.2, -0.15) is 4.31 Å². The SMILES string of the molecule is C[C@@H]1CCC[C@H](C)N1S(=O)(=O)c1cc(CO)sc1Br. The molecule has 19 heavy (non-hydrogen) atoms. The van der Waals surface area contributed by atoms with Gasteiger partial charge >= 0.3 is 0 Å². The van der Waals surface area contributed by atoms with Gasteiger partial charge < -0.3 is 5.11 Å². The monoisotopic (exact) mass is 367 g/mol. The molecule has 0 radical (unpaired) electrons. The van der Waals surface area contributed by atoms with E-state index in [1.165, 1.54) is 11.3 Å². The van der Waals surface area contributed by atoms with Crippen LogP contribution in [0.5, 0.6) is 0 Å². The summed E-state index contributed by atoms with van der Waals surface area (Å²) < 4.78 is 27.7. The van der Waals surface area contributed by atoms with Crippen molar-refractivity contribution in [1.29, 1.82) is 0 Å². The van der Waals surface area contributed by atoms with Gasteiger partial charge in [0.1, 0.15) is 4.90 Å². The number of hydrogen-bond donors (Lipinski definition) is 1.